The molecule has 0 saturated carbocycles. The van der Waals surface area contributed by atoms with Crippen LogP contribution in [0.3, 0.4) is 0 Å². The van der Waals surface area contributed by atoms with Gasteiger partial charge in [0.2, 0.25) is 0 Å². The summed E-state index contributed by atoms with van der Waals surface area (Å²) in [6, 6.07) is 7.79. The number of halogens is 4. The summed E-state index contributed by atoms with van der Waals surface area (Å²) >= 11 is 5.86. The lowest BCUT2D eigenvalue weighted by Crippen LogP contribution is -2.29. The van der Waals surface area contributed by atoms with E-state index in [-0.39, 0.29) is 43.8 Å². The second-order valence-corrected chi connectivity index (χ2v) is 7.32. The lowest BCUT2D eigenvalue weighted by atomic mass is 10.1. The Kier molecular flexibility index (Phi) is 7.98. The summed E-state index contributed by atoms with van der Waals surface area (Å²) in [4.78, 5) is 29.1. The molecule has 2 rings (SSSR count). The van der Waals surface area contributed by atoms with Crippen molar-refractivity contribution in [1.29, 1.82) is 0 Å². The lowest BCUT2D eigenvalue weighted by molar-refractivity contribution is -0.135. The maximum absolute atomic E-state index is 12.6. The molecule has 5 nitrogen and oxygen atoms in total. The van der Waals surface area contributed by atoms with Gasteiger partial charge < -0.3 is 5.11 Å². The molecule has 0 saturated heterocycles. The maximum atomic E-state index is 12.6. The van der Waals surface area contributed by atoms with Crippen LogP contribution in [0.4, 0.5) is 13.2 Å². The Balaban J connectivity index is 2.33. The summed E-state index contributed by atoms with van der Waals surface area (Å²) in [6.07, 6.45) is -6.02. The summed E-state index contributed by atoms with van der Waals surface area (Å²) < 4.78 is 38.7. The molecule has 0 aliphatic heterocycles. The Labute approximate surface area is 171 Å². The van der Waals surface area contributed by atoms with Crippen LogP contribution in [0.1, 0.15) is 38.4 Å². The number of Topliss-reactive ketones (excluding diaryl/α,β-unsaturated/α-hetero) is 1. The molecule has 0 aliphatic carbocycles. The van der Waals surface area contributed by atoms with E-state index in [0.717, 1.165) is 4.57 Å². The number of carbonyl (C=O) groups excluding carboxylic acids is 1. The molecule has 29 heavy (non-hydrogen) atoms. The Bertz CT molecular complexity index is 893. The molecule has 2 aromatic rings. The number of nitrogens with zero attached hydrogens (tertiary/aromatic N) is 2. The summed E-state index contributed by atoms with van der Waals surface area (Å²) in [5.41, 5.74) is 0.384. The Morgan fingerprint density at radius 3 is 2.52 bits per heavy atom. The molecule has 1 N–H and O–H groups in total. The molecular weight excluding hydrogens is 409 g/mol. The summed E-state index contributed by atoms with van der Waals surface area (Å²) in [5, 5.41) is 9.80. The van der Waals surface area contributed by atoms with Gasteiger partial charge >= 0.3 is 6.18 Å². The Hall–Kier alpha value is -2.19. The number of rotatable bonds is 9. The van der Waals surface area contributed by atoms with E-state index in [1.807, 2.05) is 0 Å². The number of ketones is 1. The highest BCUT2D eigenvalue weighted by Gasteiger charge is 2.26. The fourth-order valence-corrected chi connectivity index (χ4v) is 2.88. The van der Waals surface area contributed by atoms with E-state index in [9.17, 15) is 27.9 Å². The Morgan fingerprint density at radius 2 is 1.93 bits per heavy atom. The van der Waals surface area contributed by atoms with Gasteiger partial charge in [-0.05, 0) is 31.9 Å². The number of hydrogen-bond donors (Lipinski definition) is 1. The minimum Gasteiger partial charge on any atom is -0.393 e. The predicted octanol–water partition coefficient (Wildman–Crippen LogP) is 4.18. The Morgan fingerprint density at radius 1 is 1.28 bits per heavy atom. The molecular formula is C20H22ClF3N2O3. The van der Waals surface area contributed by atoms with Gasteiger partial charge in [-0.25, -0.2) is 4.98 Å². The van der Waals surface area contributed by atoms with Gasteiger partial charge in [0.25, 0.3) is 5.56 Å². The number of benzene rings is 1. The van der Waals surface area contributed by atoms with Crippen molar-refractivity contribution in [2.45, 2.75) is 57.9 Å². The van der Waals surface area contributed by atoms with Gasteiger partial charge in [0.05, 0.1) is 18.3 Å². The standard InChI is InChI=1S/C20H22ClF3N2O3/c1-13(27)4-9-16(28)12-26-18(3-2-10-20(22,23)24)25-17(11-19(26)29)14-5-7-15(21)8-6-14/h5-8,11,13,27H,2-4,9-10,12H2,1H3. The zero-order valence-corrected chi connectivity index (χ0v) is 16.6. The highest BCUT2D eigenvalue weighted by Crippen LogP contribution is 2.23. The summed E-state index contributed by atoms with van der Waals surface area (Å²) in [7, 11) is 0. The number of hydrogen-bond acceptors (Lipinski definition) is 4. The van der Waals surface area contributed by atoms with E-state index >= 15 is 0 Å². The van der Waals surface area contributed by atoms with Crippen LogP contribution >= 0.6 is 11.6 Å². The van der Waals surface area contributed by atoms with E-state index in [0.29, 0.717) is 16.3 Å². The monoisotopic (exact) mass is 430 g/mol. The molecule has 1 aromatic carbocycles. The number of aliphatic hydroxyl groups is 1. The van der Waals surface area contributed by atoms with Crippen molar-refractivity contribution in [2.24, 2.45) is 0 Å². The average Bonchev–Trinajstić information content (AvgIpc) is 2.62. The SMILES string of the molecule is CC(O)CCC(=O)Cn1c(CCCC(F)(F)F)nc(-c2ccc(Cl)cc2)cc1=O. The molecule has 0 amide bonds. The highest BCUT2D eigenvalue weighted by atomic mass is 35.5. The second-order valence-electron chi connectivity index (χ2n) is 6.88. The minimum atomic E-state index is -4.31. The zero-order chi connectivity index (χ0) is 21.6. The fraction of sp³-hybridized carbons (Fsp3) is 0.450. The number of aliphatic hydroxyl groups excluding tert-OH is 1. The van der Waals surface area contributed by atoms with Crippen molar-refractivity contribution < 1.29 is 23.1 Å². The number of aryl methyl sites for hydroxylation is 1. The van der Waals surface area contributed by atoms with E-state index in [2.05, 4.69) is 4.98 Å². The lowest BCUT2D eigenvalue weighted by Gasteiger charge is -2.14. The van der Waals surface area contributed by atoms with Crippen molar-refractivity contribution >= 4 is 17.4 Å². The first-order chi connectivity index (χ1) is 13.5. The first-order valence-corrected chi connectivity index (χ1v) is 9.56. The first-order valence-electron chi connectivity index (χ1n) is 9.18. The third-order valence-electron chi connectivity index (χ3n) is 4.26. The molecule has 0 radical (unpaired) electrons. The van der Waals surface area contributed by atoms with Crippen molar-refractivity contribution in [3.63, 3.8) is 0 Å². The van der Waals surface area contributed by atoms with Crippen LogP contribution in [0, 0.1) is 0 Å². The predicted molar refractivity (Wildman–Crippen MR) is 104 cm³/mol. The van der Waals surface area contributed by atoms with Crippen molar-refractivity contribution in [3.8, 4) is 11.3 Å². The van der Waals surface area contributed by atoms with Crippen LogP contribution in [0.2, 0.25) is 5.02 Å². The van der Waals surface area contributed by atoms with Crippen LogP contribution in [0.25, 0.3) is 11.3 Å². The van der Waals surface area contributed by atoms with Gasteiger partial charge in [-0.1, -0.05) is 23.7 Å². The second kappa shape index (κ2) is 10.0. The summed E-state index contributed by atoms with van der Waals surface area (Å²) in [5.74, 6) is -0.178. The number of carbonyl (C=O) groups is 1. The average molecular weight is 431 g/mol. The van der Waals surface area contributed by atoms with E-state index < -0.39 is 24.3 Å². The van der Waals surface area contributed by atoms with Crippen LogP contribution < -0.4 is 5.56 Å². The molecule has 1 heterocycles. The molecule has 9 heteroatoms. The smallest absolute Gasteiger partial charge is 0.389 e. The van der Waals surface area contributed by atoms with Crippen molar-refractivity contribution in [3.05, 3.63) is 51.5 Å². The molecule has 0 aliphatic rings. The molecule has 1 unspecified atom stereocenters. The molecule has 158 valence electrons. The van der Waals surface area contributed by atoms with Crippen molar-refractivity contribution in [1.82, 2.24) is 9.55 Å². The van der Waals surface area contributed by atoms with Crippen molar-refractivity contribution in [2.75, 3.05) is 0 Å². The first kappa shape index (κ1) is 23.1. The van der Waals surface area contributed by atoms with Gasteiger partial charge in [0, 0.05) is 35.9 Å². The molecule has 0 spiro atoms. The maximum Gasteiger partial charge on any atom is 0.389 e. The van der Waals surface area contributed by atoms with Crippen LogP contribution in [-0.4, -0.2) is 32.7 Å². The van der Waals surface area contributed by atoms with Gasteiger partial charge in [-0.15, -0.1) is 0 Å². The number of aromatic nitrogens is 2. The van der Waals surface area contributed by atoms with Gasteiger partial charge in [0.15, 0.2) is 5.78 Å². The van der Waals surface area contributed by atoms with Gasteiger partial charge in [-0.2, -0.15) is 13.2 Å². The van der Waals surface area contributed by atoms with E-state index in [4.69, 9.17) is 11.6 Å². The van der Waals surface area contributed by atoms with E-state index in [1.54, 1.807) is 31.2 Å². The largest absolute Gasteiger partial charge is 0.393 e. The number of alkyl halides is 3. The third-order valence-corrected chi connectivity index (χ3v) is 4.52. The highest BCUT2D eigenvalue weighted by molar-refractivity contribution is 6.30. The van der Waals surface area contributed by atoms with Crippen LogP contribution in [0.15, 0.2) is 35.1 Å². The van der Waals surface area contributed by atoms with Gasteiger partial charge in [-0.3, -0.25) is 14.2 Å². The quantitative estimate of drug-likeness (QED) is 0.647. The summed E-state index contributed by atoms with van der Waals surface area (Å²) in [6.45, 7) is 1.26. The van der Waals surface area contributed by atoms with E-state index in [1.165, 1.54) is 6.07 Å². The van der Waals surface area contributed by atoms with Crippen LogP contribution in [0.5, 0.6) is 0 Å². The van der Waals surface area contributed by atoms with Crippen LogP contribution in [-0.2, 0) is 17.8 Å². The topological polar surface area (TPSA) is 72.2 Å². The fourth-order valence-electron chi connectivity index (χ4n) is 2.75. The normalized spacial score (nSPS) is 12.8. The molecule has 1 atom stereocenters. The molecule has 0 fully saturated rings. The molecule has 1 aromatic heterocycles. The van der Waals surface area contributed by atoms with Gasteiger partial charge in [0.1, 0.15) is 5.82 Å². The third kappa shape index (κ3) is 7.62. The molecule has 0 bridgehead atoms. The zero-order valence-electron chi connectivity index (χ0n) is 15.9. The minimum absolute atomic E-state index is 0.0605.